The number of hydrogen-bond acceptors (Lipinski definition) is 3. The number of halogens is 1. The van der Waals surface area contributed by atoms with Crippen LogP contribution in [0.15, 0.2) is 29.4 Å². The van der Waals surface area contributed by atoms with Gasteiger partial charge in [0.15, 0.2) is 0 Å². The van der Waals surface area contributed by atoms with E-state index in [2.05, 4.69) is 17.4 Å². The molecule has 2 aliphatic rings. The van der Waals surface area contributed by atoms with Crippen LogP contribution in [-0.2, 0) is 9.63 Å². The lowest BCUT2D eigenvalue weighted by Gasteiger charge is -2.27. The van der Waals surface area contributed by atoms with E-state index in [-0.39, 0.29) is 17.8 Å². The zero-order chi connectivity index (χ0) is 15.5. The second-order valence-corrected chi connectivity index (χ2v) is 6.31. The first-order chi connectivity index (χ1) is 10.6. The third kappa shape index (κ3) is 3.46. The Morgan fingerprint density at radius 1 is 1.32 bits per heavy atom. The molecule has 22 heavy (non-hydrogen) atoms. The van der Waals surface area contributed by atoms with Gasteiger partial charge in [0.2, 0.25) is 6.10 Å². The maximum atomic E-state index is 13.2. The average molecular weight is 304 g/mol. The van der Waals surface area contributed by atoms with E-state index in [1.807, 2.05) is 0 Å². The summed E-state index contributed by atoms with van der Waals surface area (Å²) in [6.07, 6.45) is 4.15. The quantitative estimate of drug-likeness (QED) is 0.933. The molecule has 118 valence electrons. The highest BCUT2D eigenvalue weighted by molar-refractivity contribution is 6.04. The zero-order valence-corrected chi connectivity index (χ0v) is 12.7. The predicted octanol–water partition coefficient (Wildman–Crippen LogP) is 3.01. The van der Waals surface area contributed by atoms with Crippen molar-refractivity contribution in [2.24, 2.45) is 11.1 Å². The molecule has 0 saturated heterocycles. The number of carbonyl (C=O) groups excluding carboxylic acids is 1. The van der Waals surface area contributed by atoms with Gasteiger partial charge >= 0.3 is 0 Å². The maximum Gasteiger partial charge on any atom is 0.264 e. The first kappa shape index (κ1) is 15.0. The largest absolute Gasteiger partial charge is 0.382 e. The molecule has 1 aliphatic carbocycles. The normalized spacial score (nSPS) is 27.9. The van der Waals surface area contributed by atoms with Crippen molar-refractivity contribution in [3.05, 3.63) is 35.6 Å². The minimum Gasteiger partial charge on any atom is -0.382 e. The van der Waals surface area contributed by atoms with Gasteiger partial charge < -0.3 is 10.2 Å². The Morgan fingerprint density at radius 2 is 2.09 bits per heavy atom. The third-order valence-corrected chi connectivity index (χ3v) is 4.48. The van der Waals surface area contributed by atoms with Crippen molar-refractivity contribution in [3.8, 4) is 0 Å². The van der Waals surface area contributed by atoms with Gasteiger partial charge in [-0.05, 0) is 43.7 Å². The van der Waals surface area contributed by atoms with E-state index >= 15 is 0 Å². The third-order valence-electron chi connectivity index (χ3n) is 4.48. The molecule has 1 N–H and O–H groups in total. The first-order valence-corrected chi connectivity index (χ1v) is 7.91. The Morgan fingerprint density at radius 3 is 2.82 bits per heavy atom. The van der Waals surface area contributed by atoms with Crippen LogP contribution in [0, 0.1) is 11.7 Å². The molecule has 1 amide bonds. The molecule has 4 nitrogen and oxygen atoms in total. The minimum absolute atomic E-state index is 0.116. The van der Waals surface area contributed by atoms with Crippen LogP contribution >= 0.6 is 0 Å². The van der Waals surface area contributed by atoms with Crippen LogP contribution in [0.5, 0.6) is 0 Å². The van der Waals surface area contributed by atoms with Gasteiger partial charge in [-0.15, -0.1) is 0 Å². The standard InChI is InChI=1S/C17H21FN2O2/c1-11-5-7-14(8-6-11)19-17(21)16-10-15(20-22-16)12-3-2-4-13(18)9-12/h2-4,9,11,14,16H,5-8,10H2,1H3,(H,19,21). The molecule has 0 bridgehead atoms. The molecule has 1 saturated carbocycles. The number of amides is 1. The summed E-state index contributed by atoms with van der Waals surface area (Å²) in [6, 6.07) is 6.43. The fourth-order valence-corrected chi connectivity index (χ4v) is 3.06. The molecule has 3 rings (SSSR count). The van der Waals surface area contributed by atoms with E-state index in [0.717, 1.165) is 31.6 Å². The van der Waals surface area contributed by atoms with Crippen LogP contribution < -0.4 is 5.32 Å². The van der Waals surface area contributed by atoms with Gasteiger partial charge in [-0.3, -0.25) is 4.79 Å². The maximum absolute atomic E-state index is 13.2. The van der Waals surface area contributed by atoms with Crippen molar-refractivity contribution in [2.45, 2.75) is 51.2 Å². The summed E-state index contributed by atoms with van der Waals surface area (Å²) >= 11 is 0. The summed E-state index contributed by atoms with van der Waals surface area (Å²) in [7, 11) is 0. The van der Waals surface area contributed by atoms with Crippen molar-refractivity contribution < 1.29 is 14.0 Å². The number of nitrogens with zero attached hydrogens (tertiary/aromatic N) is 1. The highest BCUT2D eigenvalue weighted by atomic mass is 19.1. The number of oxime groups is 1. The summed E-state index contributed by atoms with van der Waals surface area (Å²) < 4.78 is 13.2. The van der Waals surface area contributed by atoms with Crippen molar-refractivity contribution in [2.75, 3.05) is 0 Å². The van der Waals surface area contributed by atoms with Crippen molar-refractivity contribution in [3.63, 3.8) is 0 Å². The van der Waals surface area contributed by atoms with Gasteiger partial charge in [-0.25, -0.2) is 4.39 Å². The van der Waals surface area contributed by atoms with Gasteiger partial charge in [-0.1, -0.05) is 24.2 Å². The van der Waals surface area contributed by atoms with Crippen molar-refractivity contribution in [1.82, 2.24) is 5.32 Å². The summed E-state index contributed by atoms with van der Waals surface area (Å²) in [5, 5.41) is 7.00. The Kier molecular flexibility index (Phi) is 4.41. The Labute approximate surface area is 129 Å². The number of benzene rings is 1. The van der Waals surface area contributed by atoms with Crippen LogP contribution in [0.25, 0.3) is 0 Å². The van der Waals surface area contributed by atoms with Gasteiger partial charge in [0, 0.05) is 18.0 Å². The van der Waals surface area contributed by atoms with Crippen LogP contribution in [0.2, 0.25) is 0 Å². The van der Waals surface area contributed by atoms with E-state index in [9.17, 15) is 9.18 Å². The lowest BCUT2D eigenvalue weighted by molar-refractivity contribution is -0.132. The predicted molar refractivity (Wildman–Crippen MR) is 82.0 cm³/mol. The van der Waals surface area contributed by atoms with Crippen molar-refractivity contribution >= 4 is 11.6 Å². The summed E-state index contributed by atoms with van der Waals surface area (Å²) in [6.45, 7) is 2.25. The van der Waals surface area contributed by atoms with E-state index in [4.69, 9.17) is 4.84 Å². The van der Waals surface area contributed by atoms with Crippen LogP contribution in [-0.4, -0.2) is 23.8 Å². The van der Waals surface area contributed by atoms with Gasteiger partial charge in [-0.2, -0.15) is 0 Å². The van der Waals surface area contributed by atoms with E-state index < -0.39 is 6.10 Å². The first-order valence-electron chi connectivity index (χ1n) is 7.91. The number of nitrogens with one attached hydrogen (secondary N) is 1. The second-order valence-electron chi connectivity index (χ2n) is 6.31. The monoisotopic (exact) mass is 304 g/mol. The fraction of sp³-hybridized carbons (Fsp3) is 0.529. The van der Waals surface area contributed by atoms with Crippen LogP contribution in [0.3, 0.4) is 0 Å². The molecule has 0 radical (unpaired) electrons. The smallest absolute Gasteiger partial charge is 0.264 e. The minimum atomic E-state index is -0.599. The molecular weight excluding hydrogens is 283 g/mol. The Hall–Kier alpha value is -1.91. The fourth-order valence-electron chi connectivity index (χ4n) is 3.06. The lowest BCUT2D eigenvalue weighted by Crippen LogP contribution is -2.43. The van der Waals surface area contributed by atoms with Gasteiger partial charge in [0.25, 0.3) is 5.91 Å². The molecule has 1 aliphatic heterocycles. The Bertz CT molecular complexity index is 580. The van der Waals surface area contributed by atoms with E-state index in [1.165, 1.54) is 12.1 Å². The molecule has 1 aromatic rings. The number of hydrogen-bond donors (Lipinski definition) is 1. The number of carbonyl (C=O) groups is 1. The molecule has 5 heteroatoms. The molecule has 1 heterocycles. The van der Waals surface area contributed by atoms with Gasteiger partial charge in [0.1, 0.15) is 5.82 Å². The van der Waals surface area contributed by atoms with Crippen molar-refractivity contribution in [1.29, 1.82) is 0 Å². The van der Waals surface area contributed by atoms with E-state index in [1.54, 1.807) is 12.1 Å². The SMILES string of the molecule is CC1CCC(NC(=O)C2CC(c3cccc(F)c3)=NO2)CC1. The topological polar surface area (TPSA) is 50.7 Å². The van der Waals surface area contributed by atoms with Gasteiger partial charge in [0.05, 0.1) is 5.71 Å². The van der Waals surface area contributed by atoms with E-state index in [0.29, 0.717) is 17.7 Å². The number of rotatable bonds is 3. The average Bonchev–Trinajstić information content (AvgIpc) is 3.00. The molecular formula is C17H21FN2O2. The molecule has 0 spiro atoms. The molecule has 0 aromatic heterocycles. The van der Waals surface area contributed by atoms with Crippen LogP contribution in [0.4, 0.5) is 4.39 Å². The second kappa shape index (κ2) is 6.46. The summed E-state index contributed by atoms with van der Waals surface area (Å²) in [5.74, 6) is 0.318. The molecule has 1 fully saturated rings. The molecule has 1 atom stereocenters. The highest BCUT2D eigenvalue weighted by Gasteiger charge is 2.31. The zero-order valence-electron chi connectivity index (χ0n) is 12.7. The molecule has 1 aromatic carbocycles. The summed E-state index contributed by atoms with van der Waals surface area (Å²) in [5.41, 5.74) is 1.29. The van der Waals surface area contributed by atoms with Crippen LogP contribution in [0.1, 0.15) is 44.6 Å². The highest BCUT2D eigenvalue weighted by Crippen LogP contribution is 2.24. The lowest BCUT2D eigenvalue weighted by atomic mass is 9.87. The summed E-state index contributed by atoms with van der Waals surface area (Å²) in [4.78, 5) is 17.5. The Balaban J connectivity index is 1.54. The molecule has 1 unspecified atom stereocenters.